The van der Waals surface area contributed by atoms with E-state index >= 15 is 0 Å². The Labute approximate surface area is 116 Å². The fourth-order valence-corrected chi connectivity index (χ4v) is 2.71. The smallest absolute Gasteiger partial charge is 0.203 e. The molecule has 1 N–H and O–H groups in total. The zero-order chi connectivity index (χ0) is 13.7. The van der Waals surface area contributed by atoms with Crippen LogP contribution >= 0.6 is 0 Å². The van der Waals surface area contributed by atoms with E-state index in [9.17, 15) is 0 Å². The molecule has 0 aromatic carbocycles. The summed E-state index contributed by atoms with van der Waals surface area (Å²) < 4.78 is 7.64. The lowest BCUT2D eigenvalue weighted by atomic mass is 9.75. The van der Waals surface area contributed by atoms with Gasteiger partial charge in [0.05, 0.1) is 5.69 Å². The molecule has 1 aromatic rings. The zero-order valence-electron chi connectivity index (χ0n) is 12.5. The predicted molar refractivity (Wildman–Crippen MR) is 78.6 cm³/mol. The SMILES string of the molecule is CCOCCCn1cc(C)nc1NC1(CC)CCC1. The first-order chi connectivity index (χ1) is 9.19. The van der Waals surface area contributed by atoms with Gasteiger partial charge in [-0.1, -0.05) is 6.92 Å². The number of nitrogens with one attached hydrogen (secondary N) is 1. The van der Waals surface area contributed by atoms with Crippen LogP contribution in [0.2, 0.25) is 0 Å². The molecule has 19 heavy (non-hydrogen) atoms. The maximum atomic E-state index is 5.40. The van der Waals surface area contributed by atoms with Crippen LogP contribution in [0.1, 0.15) is 51.6 Å². The Bertz CT molecular complexity index is 391. The average Bonchev–Trinajstić information content (AvgIpc) is 2.70. The van der Waals surface area contributed by atoms with Crippen molar-refractivity contribution in [3.8, 4) is 0 Å². The minimum Gasteiger partial charge on any atom is -0.382 e. The Morgan fingerprint density at radius 3 is 2.79 bits per heavy atom. The quantitative estimate of drug-likeness (QED) is 0.733. The van der Waals surface area contributed by atoms with E-state index < -0.39 is 0 Å². The molecule has 1 saturated carbocycles. The molecular formula is C15H27N3O. The Morgan fingerprint density at radius 1 is 1.42 bits per heavy atom. The summed E-state index contributed by atoms with van der Waals surface area (Å²) in [6.07, 6.45) is 8.24. The van der Waals surface area contributed by atoms with Gasteiger partial charge in [-0.2, -0.15) is 0 Å². The van der Waals surface area contributed by atoms with Crippen LogP contribution in [-0.4, -0.2) is 28.3 Å². The van der Waals surface area contributed by atoms with Crippen LogP contribution in [0.25, 0.3) is 0 Å². The van der Waals surface area contributed by atoms with Crippen molar-refractivity contribution >= 4 is 5.95 Å². The summed E-state index contributed by atoms with van der Waals surface area (Å²) in [5.41, 5.74) is 1.39. The van der Waals surface area contributed by atoms with Gasteiger partial charge in [-0.05, 0) is 46.0 Å². The molecule has 4 heteroatoms. The number of aromatic nitrogens is 2. The van der Waals surface area contributed by atoms with Gasteiger partial charge in [0.15, 0.2) is 0 Å². The van der Waals surface area contributed by atoms with E-state index in [-0.39, 0.29) is 0 Å². The summed E-state index contributed by atoms with van der Waals surface area (Å²) in [6.45, 7) is 8.96. The van der Waals surface area contributed by atoms with Gasteiger partial charge in [-0.25, -0.2) is 4.98 Å². The van der Waals surface area contributed by atoms with Crippen LogP contribution in [-0.2, 0) is 11.3 Å². The summed E-state index contributed by atoms with van der Waals surface area (Å²) in [5, 5.41) is 3.68. The van der Waals surface area contributed by atoms with Gasteiger partial charge in [0.25, 0.3) is 0 Å². The third kappa shape index (κ3) is 3.50. The Balaban J connectivity index is 1.95. The molecule has 1 aliphatic carbocycles. The minimum atomic E-state index is 0.301. The van der Waals surface area contributed by atoms with Crippen molar-refractivity contribution in [2.45, 2.75) is 65.0 Å². The van der Waals surface area contributed by atoms with Gasteiger partial charge in [-0.15, -0.1) is 0 Å². The first kappa shape index (κ1) is 14.4. The average molecular weight is 265 g/mol. The molecule has 2 rings (SSSR count). The lowest BCUT2D eigenvalue weighted by Gasteiger charge is -2.42. The highest BCUT2D eigenvalue weighted by atomic mass is 16.5. The first-order valence-corrected chi connectivity index (χ1v) is 7.59. The molecule has 1 aliphatic rings. The maximum absolute atomic E-state index is 5.40. The van der Waals surface area contributed by atoms with Crippen LogP contribution in [0.15, 0.2) is 6.20 Å². The van der Waals surface area contributed by atoms with Crippen molar-refractivity contribution in [3.05, 3.63) is 11.9 Å². The number of nitrogens with zero attached hydrogens (tertiary/aromatic N) is 2. The van der Waals surface area contributed by atoms with Gasteiger partial charge in [-0.3, -0.25) is 0 Å². The second-order valence-corrected chi connectivity index (χ2v) is 5.56. The van der Waals surface area contributed by atoms with Gasteiger partial charge >= 0.3 is 0 Å². The largest absolute Gasteiger partial charge is 0.382 e. The second kappa shape index (κ2) is 6.42. The number of aryl methyl sites for hydroxylation is 2. The fraction of sp³-hybridized carbons (Fsp3) is 0.800. The Hall–Kier alpha value is -1.03. The number of anilines is 1. The fourth-order valence-electron chi connectivity index (χ4n) is 2.71. The van der Waals surface area contributed by atoms with E-state index in [0.29, 0.717) is 5.54 Å². The van der Waals surface area contributed by atoms with Gasteiger partial charge < -0.3 is 14.6 Å². The molecular weight excluding hydrogens is 238 g/mol. The number of hydrogen-bond acceptors (Lipinski definition) is 3. The number of hydrogen-bond donors (Lipinski definition) is 1. The zero-order valence-corrected chi connectivity index (χ0v) is 12.5. The summed E-state index contributed by atoms with van der Waals surface area (Å²) in [6, 6.07) is 0. The molecule has 0 saturated heterocycles. The van der Waals surface area contributed by atoms with Crippen molar-refractivity contribution < 1.29 is 4.74 Å². The van der Waals surface area contributed by atoms with Crippen molar-refractivity contribution in [1.29, 1.82) is 0 Å². The van der Waals surface area contributed by atoms with E-state index in [1.807, 2.05) is 6.92 Å². The lowest BCUT2D eigenvalue weighted by molar-refractivity contribution is 0.141. The number of rotatable bonds is 8. The molecule has 108 valence electrons. The van der Waals surface area contributed by atoms with Crippen LogP contribution < -0.4 is 5.32 Å². The van der Waals surface area contributed by atoms with Crippen molar-refractivity contribution in [2.75, 3.05) is 18.5 Å². The molecule has 0 bridgehead atoms. The monoisotopic (exact) mass is 265 g/mol. The van der Waals surface area contributed by atoms with Gasteiger partial charge in [0, 0.05) is 31.5 Å². The highest BCUT2D eigenvalue weighted by Gasteiger charge is 2.35. The maximum Gasteiger partial charge on any atom is 0.203 e. The molecule has 1 heterocycles. The topological polar surface area (TPSA) is 39.1 Å². The van der Waals surface area contributed by atoms with Crippen molar-refractivity contribution in [1.82, 2.24) is 9.55 Å². The summed E-state index contributed by atoms with van der Waals surface area (Å²) >= 11 is 0. The standard InChI is InChI=1S/C15H27N3O/c1-4-15(8-6-9-15)17-14-16-13(3)12-18(14)10-7-11-19-5-2/h12H,4-11H2,1-3H3,(H,16,17). The highest BCUT2D eigenvalue weighted by Crippen LogP contribution is 2.37. The van der Waals surface area contributed by atoms with E-state index in [2.05, 4.69) is 34.9 Å². The Morgan fingerprint density at radius 2 is 2.21 bits per heavy atom. The molecule has 1 aromatic heterocycles. The predicted octanol–water partition coefficient (Wildman–Crippen LogP) is 3.36. The van der Waals surface area contributed by atoms with Crippen LogP contribution in [0.5, 0.6) is 0 Å². The molecule has 0 atom stereocenters. The highest BCUT2D eigenvalue weighted by molar-refractivity contribution is 5.34. The van der Waals surface area contributed by atoms with Gasteiger partial charge in [0.1, 0.15) is 0 Å². The minimum absolute atomic E-state index is 0.301. The summed E-state index contributed by atoms with van der Waals surface area (Å²) in [7, 11) is 0. The molecule has 0 spiro atoms. The second-order valence-electron chi connectivity index (χ2n) is 5.56. The molecule has 4 nitrogen and oxygen atoms in total. The number of ether oxygens (including phenoxy) is 1. The van der Waals surface area contributed by atoms with E-state index in [4.69, 9.17) is 4.74 Å². The normalized spacial score (nSPS) is 17.2. The summed E-state index contributed by atoms with van der Waals surface area (Å²) in [5.74, 6) is 1.04. The van der Waals surface area contributed by atoms with Crippen LogP contribution in [0.4, 0.5) is 5.95 Å². The molecule has 0 amide bonds. The number of imidazole rings is 1. The van der Waals surface area contributed by atoms with E-state index in [1.165, 1.54) is 25.7 Å². The Kier molecular flexibility index (Phi) is 4.86. The molecule has 0 aliphatic heterocycles. The van der Waals surface area contributed by atoms with Crippen molar-refractivity contribution in [2.24, 2.45) is 0 Å². The molecule has 0 unspecified atom stereocenters. The van der Waals surface area contributed by atoms with Gasteiger partial charge in [0.2, 0.25) is 5.95 Å². The third-order valence-corrected chi connectivity index (χ3v) is 4.15. The van der Waals surface area contributed by atoms with Crippen LogP contribution in [0.3, 0.4) is 0 Å². The molecule has 1 fully saturated rings. The lowest BCUT2D eigenvalue weighted by Crippen LogP contribution is -2.45. The van der Waals surface area contributed by atoms with E-state index in [0.717, 1.165) is 37.8 Å². The van der Waals surface area contributed by atoms with Crippen molar-refractivity contribution in [3.63, 3.8) is 0 Å². The van der Waals surface area contributed by atoms with E-state index in [1.54, 1.807) is 0 Å². The summed E-state index contributed by atoms with van der Waals surface area (Å²) in [4.78, 5) is 4.64. The van der Waals surface area contributed by atoms with Crippen LogP contribution in [0, 0.1) is 6.92 Å². The molecule has 0 radical (unpaired) electrons. The third-order valence-electron chi connectivity index (χ3n) is 4.15. The first-order valence-electron chi connectivity index (χ1n) is 7.59.